The van der Waals surface area contributed by atoms with Crippen LogP contribution < -0.4 is 20.0 Å². The third-order valence-electron chi connectivity index (χ3n) is 7.06. The lowest BCUT2D eigenvalue weighted by Crippen LogP contribution is -2.49. The number of piperidine rings is 1. The van der Waals surface area contributed by atoms with Gasteiger partial charge in [-0.25, -0.2) is 4.39 Å². The molecular weight excluding hydrogens is 469 g/mol. The molecular formula is C24H32FN7O2S. The number of carbonyl (C=O) groups excluding carboxylic acids is 2. The summed E-state index contributed by atoms with van der Waals surface area (Å²) in [6, 6.07) is 6.91. The van der Waals surface area contributed by atoms with E-state index >= 15 is 0 Å². The highest BCUT2D eigenvalue weighted by molar-refractivity contribution is 7.19. The SMILES string of the molecule is O=C(NCCN1CCN(c2ccccc2F)CC1)C1CCCN(c2nnc(N3CCCC3=O)s2)C1. The Morgan fingerprint density at radius 2 is 1.83 bits per heavy atom. The number of piperazine rings is 1. The molecule has 3 aliphatic heterocycles. The molecule has 0 bridgehead atoms. The van der Waals surface area contributed by atoms with Crippen molar-refractivity contribution in [3.8, 4) is 0 Å². The lowest BCUT2D eigenvalue weighted by molar-refractivity contribution is -0.125. The van der Waals surface area contributed by atoms with Crippen LogP contribution >= 0.6 is 11.3 Å². The molecule has 3 saturated heterocycles. The number of aromatic nitrogens is 2. The van der Waals surface area contributed by atoms with Crippen LogP contribution in [0.2, 0.25) is 0 Å². The van der Waals surface area contributed by atoms with Crippen LogP contribution in [0.4, 0.5) is 20.3 Å². The maximum absolute atomic E-state index is 14.0. The molecule has 0 spiro atoms. The molecule has 3 aliphatic rings. The monoisotopic (exact) mass is 501 g/mol. The van der Waals surface area contributed by atoms with E-state index in [9.17, 15) is 14.0 Å². The Kier molecular flexibility index (Phi) is 7.43. The Balaban J connectivity index is 1.06. The Morgan fingerprint density at radius 1 is 1.03 bits per heavy atom. The molecule has 0 radical (unpaired) electrons. The Morgan fingerprint density at radius 3 is 2.60 bits per heavy atom. The van der Waals surface area contributed by atoms with Gasteiger partial charge in [0.15, 0.2) is 0 Å². The van der Waals surface area contributed by atoms with Gasteiger partial charge in [-0.1, -0.05) is 23.5 Å². The van der Waals surface area contributed by atoms with E-state index in [0.717, 1.165) is 63.7 Å². The highest BCUT2D eigenvalue weighted by Crippen LogP contribution is 2.32. The molecule has 1 aromatic heterocycles. The zero-order chi connectivity index (χ0) is 24.2. The van der Waals surface area contributed by atoms with Crippen LogP contribution in [0.3, 0.4) is 0 Å². The van der Waals surface area contributed by atoms with Crippen molar-refractivity contribution in [1.29, 1.82) is 0 Å². The maximum atomic E-state index is 14.0. The van der Waals surface area contributed by atoms with Crippen molar-refractivity contribution in [3.63, 3.8) is 0 Å². The maximum Gasteiger partial charge on any atom is 0.228 e. The summed E-state index contributed by atoms with van der Waals surface area (Å²) in [5.41, 5.74) is 0.664. The lowest BCUT2D eigenvalue weighted by Gasteiger charge is -2.36. The van der Waals surface area contributed by atoms with Gasteiger partial charge in [-0.05, 0) is 31.4 Å². The van der Waals surface area contributed by atoms with E-state index in [0.29, 0.717) is 36.9 Å². The number of hydrogen-bond acceptors (Lipinski definition) is 8. The first kappa shape index (κ1) is 23.9. The van der Waals surface area contributed by atoms with Crippen LogP contribution in [0.25, 0.3) is 0 Å². The standard InChI is InChI=1S/C24H32FN7O2S/c25-19-6-1-2-7-20(19)30-15-13-29(14-16-30)12-9-26-22(34)18-5-3-10-31(17-18)23-27-28-24(35-23)32-11-4-8-21(32)33/h1-2,6-7,18H,3-5,8-17H2,(H,26,34). The van der Waals surface area contributed by atoms with Gasteiger partial charge in [0.2, 0.25) is 22.1 Å². The summed E-state index contributed by atoms with van der Waals surface area (Å²) >= 11 is 1.43. The predicted octanol–water partition coefficient (Wildman–Crippen LogP) is 1.96. The summed E-state index contributed by atoms with van der Waals surface area (Å²) in [4.78, 5) is 33.1. The molecule has 2 amide bonds. The van der Waals surface area contributed by atoms with Crippen molar-refractivity contribution >= 4 is 39.1 Å². The molecule has 0 aliphatic carbocycles. The minimum Gasteiger partial charge on any atom is -0.367 e. The molecule has 3 fully saturated rings. The number of para-hydroxylation sites is 1. The van der Waals surface area contributed by atoms with Crippen LogP contribution in [0.5, 0.6) is 0 Å². The summed E-state index contributed by atoms with van der Waals surface area (Å²) in [6.07, 6.45) is 3.22. The highest BCUT2D eigenvalue weighted by atomic mass is 32.1. The van der Waals surface area contributed by atoms with Crippen molar-refractivity contribution in [1.82, 2.24) is 20.4 Å². The fourth-order valence-corrected chi connectivity index (χ4v) is 5.99. The molecule has 1 N–H and O–H groups in total. The topological polar surface area (TPSA) is 84.9 Å². The molecule has 4 heterocycles. The Hall–Kier alpha value is -2.79. The van der Waals surface area contributed by atoms with Gasteiger partial charge in [0.1, 0.15) is 5.82 Å². The van der Waals surface area contributed by atoms with Crippen LogP contribution in [-0.2, 0) is 9.59 Å². The number of benzene rings is 1. The zero-order valence-corrected chi connectivity index (χ0v) is 20.7. The molecule has 0 saturated carbocycles. The summed E-state index contributed by atoms with van der Waals surface area (Å²) in [6.45, 7) is 6.82. The molecule has 11 heteroatoms. The van der Waals surface area contributed by atoms with E-state index in [4.69, 9.17) is 0 Å². The molecule has 35 heavy (non-hydrogen) atoms. The average Bonchev–Trinajstić information content (AvgIpc) is 3.54. The average molecular weight is 502 g/mol. The number of rotatable bonds is 7. The largest absolute Gasteiger partial charge is 0.367 e. The highest BCUT2D eigenvalue weighted by Gasteiger charge is 2.30. The fourth-order valence-electron chi connectivity index (χ4n) is 5.06. The van der Waals surface area contributed by atoms with E-state index in [1.807, 2.05) is 12.1 Å². The van der Waals surface area contributed by atoms with E-state index in [1.54, 1.807) is 11.0 Å². The van der Waals surface area contributed by atoms with Crippen LogP contribution in [-0.4, -0.2) is 85.8 Å². The summed E-state index contributed by atoms with van der Waals surface area (Å²) < 4.78 is 14.0. The first-order chi connectivity index (χ1) is 17.1. The van der Waals surface area contributed by atoms with Gasteiger partial charge in [0.05, 0.1) is 11.6 Å². The number of amides is 2. The van der Waals surface area contributed by atoms with E-state index in [2.05, 4.69) is 30.2 Å². The van der Waals surface area contributed by atoms with E-state index < -0.39 is 0 Å². The molecule has 1 unspecified atom stereocenters. The van der Waals surface area contributed by atoms with Gasteiger partial charge in [-0.15, -0.1) is 10.2 Å². The molecule has 1 atom stereocenters. The second-order valence-electron chi connectivity index (χ2n) is 9.37. The minimum absolute atomic E-state index is 0.0811. The smallest absolute Gasteiger partial charge is 0.228 e. The molecule has 9 nitrogen and oxygen atoms in total. The number of halogens is 1. The third kappa shape index (κ3) is 5.56. The van der Waals surface area contributed by atoms with Gasteiger partial charge < -0.3 is 15.1 Å². The van der Waals surface area contributed by atoms with E-state index in [-0.39, 0.29) is 23.5 Å². The molecule has 2 aromatic rings. The van der Waals surface area contributed by atoms with Crippen molar-refractivity contribution in [2.45, 2.75) is 25.7 Å². The summed E-state index contributed by atoms with van der Waals surface area (Å²) in [5, 5.41) is 13.1. The number of nitrogens with zero attached hydrogens (tertiary/aromatic N) is 6. The van der Waals surface area contributed by atoms with Gasteiger partial charge in [-0.3, -0.25) is 19.4 Å². The number of hydrogen-bond donors (Lipinski definition) is 1. The van der Waals surface area contributed by atoms with Crippen molar-refractivity contribution in [2.24, 2.45) is 5.92 Å². The Bertz CT molecular complexity index is 1040. The van der Waals surface area contributed by atoms with Gasteiger partial charge in [-0.2, -0.15) is 0 Å². The van der Waals surface area contributed by atoms with Gasteiger partial charge >= 0.3 is 0 Å². The quantitative estimate of drug-likeness (QED) is 0.621. The lowest BCUT2D eigenvalue weighted by atomic mass is 9.97. The second kappa shape index (κ2) is 10.9. The minimum atomic E-state index is -0.177. The molecule has 1 aromatic carbocycles. The van der Waals surface area contributed by atoms with E-state index in [1.165, 1.54) is 17.4 Å². The van der Waals surface area contributed by atoms with Crippen molar-refractivity contribution in [2.75, 3.05) is 73.6 Å². The first-order valence-corrected chi connectivity index (χ1v) is 13.3. The van der Waals surface area contributed by atoms with Crippen molar-refractivity contribution in [3.05, 3.63) is 30.1 Å². The zero-order valence-electron chi connectivity index (χ0n) is 19.9. The van der Waals surface area contributed by atoms with Crippen LogP contribution in [0.15, 0.2) is 24.3 Å². The van der Waals surface area contributed by atoms with Gasteiger partial charge in [0.25, 0.3) is 0 Å². The first-order valence-electron chi connectivity index (χ1n) is 12.5. The fraction of sp³-hybridized carbons (Fsp3) is 0.583. The number of anilines is 3. The predicted molar refractivity (Wildman–Crippen MR) is 134 cm³/mol. The third-order valence-corrected chi connectivity index (χ3v) is 8.07. The second-order valence-corrected chi connectivity index (χ2v) is 10.3. The van der Waals surface area contributed by atoms with Crippen LogP contribution in [0, 0.1) is 11.7 Å². The Labute approximate surface area is 208 Å². The summed E-state index contributed by atoms with van der Waals surface area (Å²) in [7, 11) is 0. The molecule has 188 valence electrons. The molecule has 5 rings (SSSR count). The van der Waals surface area contributed by atoms with Crippen LogP contribution in [0.1, 0.15) is 25.7 Å². The number of nitrogens with one attached hydrogen (secondary N) is 1. The normalized spacial score (nSPS) is 21.6. The van der Waals surface area contributed by atoms with Gasteiger partial charge in [0, 0.05) is 65.3 Å². The summed E-state index contributed by atoms with van der Waals surface area (Å²) in [5.74, 6) is -0.0668. The number of carbonyl (C=O) groups is 2. The van der Waals surface area contributed by atoms with Crippen molar-refractivity contribution < 1.29 is 14.0 Å².